The number of hydrogen-bond acceptors (Lipinski definition) is 3. The monoisotopic (exact) mass is 361 g/mol. The van der Waals surface area contributed by atoms with Gasteiger partial charge in [-0.3, -0.25) is 4.98 Å². The van der Waals surface area contributed by atoms with Crippen LogP contribution >= 0.6 is 34.8 Å². The van der Waals surface area contributed by atoms with Crippen LogP contribution in [0.1, 0.15) is 28.4 Å². The third kappa shape index (κ3) is 3.35. The van der Waals surface area contributed by atoms with E-state index in [-0.39, 0.29) is 16.3 Å². The molecule has 2 aromatic rings. The van der Waals surface area contributed by atoms with Gasteiger partial charge in [0.2, 0.25) is 0 Å². The summed E-state index contributed by atoms with van der Waals surface area (Å²) in [5.74, 6) is -1.22. The number of nitrogens with zero attached hydrogens (tertiary/aromatic N) is 1. The Balaban J connectivity index is 2.66. The first-order valence-electron chi connectivity index (χ1n) is 6.22. The highest BCUT2D eigenvalue weighted by molar-refractivity contribution is 6.37. The Kier molecular flexibility index (Phi) is 5.27. The lowest BCUT2D eigenvalue weighted by Crippen LogP contribution is -2.05. The Hall–Kier alpha value is -1.36. The zero-order valence-electron chi connectivity index (χ0n) is 11.7. The summed E-state index contributed by atoms with van der Waals surface area (Å²) in [7, 11) is 1.23. The van der Waals surface area contributed by atoms with Gasteiger partial charge in [-0.25, -0.2) is 9.18 Å². The third-order valence-electron chi connectivity index (χ3n) is 3.00. The number of methoxy groups -OCH3 is 1. The SMILES string of the molecule is COC(=O)c1c(Cl)cc(Cl)cc1-c1cnc([C@@H](C)Cl)c(F)c1. The molecule has 2 rings (SSSR count). The van der Waals surface area contributed by atoms with Crippen molar-refractivity contribution in [2.45, 2.75) is 12.3 Å². The van der Waals surface area contributed by atoms with Gasteiger partial charge in [-0.15, -0.1) is 11.6 Å². The fourth-order valence-electron chi connectivity index (χ4n) is 2.00. The molecule has 0 unspecified atom stereocenters. The molecule has 1 atom stereocenters. The van der Waals surface area contributed by atoms with Crippen LogP contribution in [0, 0.1) is 5.82 Å². The average molecular weight is 363 g/mol. The molecule has 3 nitrogen and oxygen atoms in total. The van der Waals surface area contributed by atoms with Crippen molar-refractivity contribution in [2.75, 3.05) is 7.11 Å². The van der Waals surface area contributed by atoms with Crippen LogP contribution in [0.5, 0.6) is 0 Å². The predicted octanol–water partition coefficient (Wildman–Crippen LogP) is 5.28. The van der Waals surface area contributed by atoms with Crippen LogP contribution in [0.3, 0.4) is 0 Å². The summed E-state index contributed by atoms with van der Waals surface area (Å²) >= 11 is 17.9. The molecule has 0 spiro atoms. The molecule has 0 aliphatic rings. The number of pyridine rings is 1. The minimum Gasteiger partial charge on any atom is -0.465 e. The van der Waals surface area contributed by atoms with E-state index in [1.54, 1.807) is 6.92 Å². The van der Waals surface area contributed by atoms with E-state index in [0.29, 0.717) is 16.1 Å². The first-order valence-corrected chi connectivity index (χ1v) is 7.41. The zero-order valence-corrected chi connectivity index (χ0v) is 13.9. The number of carbonyl (C=O) groups is 1. The molecule has 0 amide bonds. The molecule has 0 N–H and O–H groups in total. The second-order valence-corrected chi connectivity index (χ2v) is 6.01. The van der Waals surface area contributed by atoms with E-state index in [2.05, 4.69) is 4.98 Å². The van der Waals surface area contributed by atoms with Crippen molar-refractivity contribution in [1.82, 2.24) is 4.98 Å². The number of esters is 1. The Labute approximate surface area is 142 Å². The maximum Gasteiger partial charge on any atom is 0.340 e. The van der Waals surface area contributed by atoms with E-state index >= 15 is 0 Å². The molecule has 0 aliphatic carbocycles. The van der Waals surface area contributed by atoms with E-state index in [9.17, 15) is 9.18 Å². The van der Waals surface area contributed by atoms with Crippen LogP contribution in [0.15, 0.2) is 24.4 Å². The Morgan fingerprint density at radius 3 is 2.55 bits per heavy atom. The van der Waals surface area contributed by atoms with Crippen LogP contribution in [-0.2, 0) is 4.74 Å². The number of rotatable bonds is 3. The van der Waals surface area contributed by atoms with Crippen LogP contribution in [-0.4, -0.2) is 18.1 Å². The lowest BCUT2D eigenvalue weighted by molar-refractivity contribution is 0.0602. The molecule has 1 aromatic heterocycles. The molecule has 0 aliphatic heterocycles. The molecule has 0 saturated carbocycles. The second kappa shape index (κ2) is 6.82. The van der Waals surface area contributed by atoms with E-state index in [1.165, 1.54) is 31.5 Å². The van der Waals surface area contributed by atoms with Gasteiger partial charge in [0, 0.05) is 22.3 Å². The Morgan fingerprint density at radius 1 is 1.32 bits per heavy atom. The highest BCUT2D eigenvalue weighted by Gasteiger charge is 2.20. The minimum atomic E-state index is -0.646. The molecule has 22 heavy (non-hydrogen) atoms. The van der Waals surface area contributed by atoms with Gasteiger partial charge >= 0.3 is 5.97 Å². The van der Waals surface area contributed by atoms with E-state index in [1.807, 2.05) is 0 Å². The first kappa shape index (κ1) is 17.0. The highest BCUT2D eigenvalue weighted by atomic mass is 35.5. The second-order valence-electron chi connectivity index (χ2n) is 4.51. The highest BCUT2D eigenvalue weighted by Crippen LogP contribution is 2.34. The van der Waals surface area contributed by atoms with Gasteiger partial charge in [0.05, 0.1) is 28.8 Å². The summed E-state index contributed by atoms with van der Waals surface area (Å²) < 4.78 is 18.8. The quantitative estimate of drug-likeness (QED) is 0.551. The maximum atomic E-state index is 14.1. The summed E-state index contributed by atoms with van der Waals surface area (Å²) in [5, 5.41) is -0.149. The van der Waals surface area contributed by atoms with Gasteiger partial charge in [0.25, 0.3) is 0 Å². The van der Waals surface area contributed by atoms with Crippen molar-refractivity contribution in [3.63, 3.8) is 0 Å². The summed E-state index contributed by atoms with van der Waals surface area (Å²) in [6, 6.07) is 4.15. The number of carbonyl (C=O) groups excluding carboxylic acids is 1. The molecule has 0 bridgehead atoms. The lowest BCUT2D eigenvalue weighted by atomic mass is 10.0. The molecular formula is C15H11Cl3FNO2. The number of ether oxygens (including phenoxy) is 1. The van der Waals surface area contributed by atoms with Gasteiger partial charge < -0.3 is 4.74 Å². The fraction of sp³-hybridized carbons (Fsp3) is 0.200. The van der Waals surface area contributed by atoms with Gasteiger partial charge in [-0.05, 0) is 25.1 Å². The Bertz CT molecular complexity index is 735. The third-order valence-corrected chi connectivity index (χ3v) is 3.72. The largest absolute Gasteiger partial charge is 0.465 e. The van der Waals surface area contributed by atoms with E-state index in [4.69, 9.17) is 39.5 Å². The zero-order chi connectivity index (χ0) is 16.4. The van der Waals surface area contributed by atoms with Crippen LogP contribution in [0.25, 0.3) is 11.1 Å². The van der Waals surface area contributed by atoms with Crippen LogP contribution in [0.2, 0.25) is 10.0 Å². The fourth-order valence-corrected chi connectivity index (χ4v) is 2.73. The smallest absolute Gasteiger partial charge is 0.340 e. The van der Waals surface area contributed by atoms with Gasteiger partial charge in [0.1, 0.15) is 5.82 Å². The summed E-state index contributed by atoms with van der Waals surface area (Å²) in [6.07, 6.45) is 1.41. The van der Waals surface area contributed by atoms with Gasteiger partial charge in [-0.2, -0.15) is 0 Å². The van der Waals surface area contributed by atoms with Crippen molar-refractivity contribution >= 4 is 40.8 Å². The number of aromatic nitrogens is 1. The molecule has 7 heteroatoms. The summed E-state index contributed by atoms with van der Waals surface area (Å²) in [4.78, 5) is 15.9. The number of alkyl halides is 1. The van der Waals surface area contributed by atoms with Crippen molar-refractivity contribution in [3.8, 4) is 11.1 Å². The molecular weight excluding hydrogens is 352 g/mol. The molecule has 0 saturated heterocycles. The topological polar surface area (TPSA) is 39.2 Å². The predicted molar refractivity (Wildman–Crippen MR) is 85.3 cm³/mol. The van der Waals surface area contributed by atoms with Gasteiger partial charge in [-0.1, -0.05) is 23.2 Å². The van der Waals surface area contributed by atoms with Crippen molar-refractivity contribution in [1.29, 1.82) is 0 Å². The van der Waals surface area contributed by atoms with Crippen LogP contribution < -0.4 is 0 Å². The van der Waals surface area contributed by atoms with Crippen molar-refractivity contribution in [3.05, 3.63) is 51.5 Å². The number of benzene rings is 1. The number of hydrogen-bond donors (Lipinski definition) is 0. The first-order chi connectivity index (χ1) is 10.3. The molecule has 116 valence electrons. The average Bonchev–Trinajstić information content (AvgIpc) is 2.45. The molecule has 1 heterocycles. The summed E-state index contributed by atoms with van der Waals surface area (Å²) in [5.41, 5.74) is 0.910. The van der Waals surface area contributed by atoms with Crippen molar-refractivity contribution in [2.24, 2.45) is 0 Å². The van der Waals surface area contributed by atoms with Crippen LogP contribution in [0.4, 0.5) is 4.39 Å². The minimum absolute atomic E-state index is 0.0986. The normalized spacial score (nSPS) is 12.1. The molecule has 1 aromatic carbocycles. The Morgan fingerprint density at radius 2 is 2.00 bits per heavy atom. The summed E-state index contributed by atoms with van der Waals surface area (Å²) in [6.45, 7) is 1.61. The van der Waals surface area contributed by atoms with E-state index in [0.717, 1.165) is 0 Å². The lowest BCUT2D eigenvalue weighted by Gasteiger charge is -2.12. The molecule has 0 fully saturated rings. The number of halogens is 4. The maximum absolute atomic E-state index is 14.1. The standard InChI is InChI=1S/C15H11Cl3FNO2/c1-7(16)14-12(19)3-8(6-20-14)10-4-9(17)5-11(18)13(10)15(21)22-2/h3-7H,1-2H3/t7-/m1/s1. The van der Waals surface area contributed by atoms with E-state index < -0.39 is 17.2 Å². The van der Waals surface area contributed by atoms with Crippen molar-refractivity contribution < 1.29 is 13.9 Å². The molecule has 0 radical (unpaired) electrons. The van der Waals surface area contributed by atoms with Gasteiger partial charge in [0.15, 0.2) is 0 Å².